The summed E-state index contributed by atoms with van der Waals surface area (Å²) in [4.78, 5) is 28.4. The van der Waals surface area contributed by atoms with E-state index in [9.17, 15) is 14.7 Å². The standard InChI is InChI=1S/C17H20N2O3/c20-15-12-9-5-6-10-13(12)19-17(22)14(15)16(21)18-11-7-3-1-2-4-8-11/h5-6,9-12,20H,1-4,7-8H2,(H,18,21). The van der Waals surface area contributed by atoms with Crippen LogP contribution in [-0.4, -0.2) is 28.7 Å². The first-order valence-electron chi connectivity index (χ1n) is 7.88. The lowest BCUT2D eigenvalue weighted by Gasteiger charge is -2.23. The van der Waals surface area contributed by atoms with Crippen molar-refractivity contribution in [1.82, 2.24) is 5.32 Å². The van der Waals surface area contributed by atoms with Crippen LogP contribution in [0, 0.1) is 5.92 Å². The predicted molar refractivity (Wildman–Crippen MR) is 83.5 cm³/mol. The zero-order chi connectivity index (χ0) is 15.5. The monoisotopic (exact) mass is 300 g/mol. The van der Waals surface area contributed by atoms with E-state index >= 15 is 0 Å². The van der Waals surface area contributed by atoms with Crippen LogP contribution in [-0.2, 0) is 9.59 Å². The Morgan fingerprint density at radius 2 is 1.91 bits per heavy atom. The number of hydrogen-bond acceptors (Lipinski definition) is 3. The number of hydrogen-bond donors (Lipinski definition) is 2. The normalized spacial score (nSPS) is 25.5. The van der Waals surface area contributed by atoms with E-state index in [2.05, 4.69) is 10.3 Å². The van der Waals surface area contributed by atoms with Crippen molar-refractivity contribution in [3.8, 4) is 0 Å². The van der Waals surface area contributed by atoms with Gasteiger partial charge in [-0.15, -0.1) is 0 Å². The smallest absolute Gasteiger partial charge is 0.286 e. The van der Waals surface area contributed by atoms with Crippen molar-refractivity contribution in [2.75, 3.05) is 0 Å². The lowest BCUT2D eigenvalue weighted by atomic mass is 9.90. The molecule has 116 valence electrons. The van der Waals surface area contributed by atoms with Crippen LogP contribution in [0.1, 0.15) is 38.5 Å². The molecule has 0 aromatic rings. The fourth-order valence-electron chi connectivity index (χ4n) is 3.20. The molecule has 0 spiro atoms. The number of allylic oxidation sites excluding steroid dienone is 4. The first-order valence-corrected chi connectivity index (χ1v) is 7.88. The topological polar surface area (TPSA) is 78.8 Å². The highest BCUT2D eigenvalue weighted by Crippen LogP contribution is 2.26. The highest BCUT2D eigenvalue weighted by molar-refractivity contribution is 6.25. The average Bonchev–Trinajstić information content (AvgIpc) is 2.76. The van der Waals surface area contributed by atoms with Gasteiger partial charge in [-0.05, 0) is 18.9 Å². The summed E-state index contributed by atoms with van der Waals surface area (Å²) in [6.07, 6.45) is 13.3. The molecule has 0 radical (unpaired) electrons. The van der Waals surface area contributed by atoms with E-state index in [4.69, 9.17) is 0 Å². The minimum atomic E-state index is -0.658. The van der Waals surface area contributed by atoms with Gasteiger partial charge in [-0.25, -0.2) is 4.99 Å². The summed E-state index contributed by atoms with van der Waals surface area (Å²) in [6, 6.07) is 0.0790. The second-order valence-corrected chi connectivity index (χ2v) is 5.99. The fraction of sp³-hybridized carbons (Fsp3) is 0.471. The molecule has 1 heterocycles. The Hall–Kier alpha value is -2.17. The van der Waals surface area contributed by atoms with Crippen molar-refractivity contribution >= 4 is 17.5 Å². The van der Waals surface area contributed by atoms with Gasteiger partial charge in [-0.3, -0.25) is 9.59 Å². The quantitative estimate of drug-likeness (QED) is 0.607. The lowest BCUT2D eigenvalue weighted by molar-refractivity contribution is -0.123. The van der Waals surface area contributed by atoms with Gasteiger partial charge in [-0.2, -0.15) is 0 Å². The van der Waals surface area contributed by atoms with Gasteiger partial charge in [0.2, 0.25) is 0 Å². The molecule has 1 atom stereocenters. The van der Waals surface area contributed by atoms with Gasteiger partial charge >= 0.3 is 0 Å². The second kappa shape index (κ2) is 6.30. The Balaban J connectivity index is 1.77. The minimum absolute atomic E-state index is 0.0790. The molecule has 2 aliphatic carbocycles. The Morgan fingerprint density at radius 1 is 1.18 bits per heavy atom. The van der Waals surface area contributed by atoms with Crippen molar-refractivity contribution in [1.29, 1.82) is 0 Å². The number of fused-ring (bicyclic) bond motifs is 1. The lowest BCUT2D eigenvalue weighted by Crippen LogP contribution is -2.39. The van der Waals surface area contributed by atoms with Crippen LogP contribution in [0.25, 0.3) is 0 Å². The molecule has 1 aliphatic heterocycles. The first kappa shape index (κ1) is 14.8. The van der Waals surface area contributed by atoms with Crippen LogP contribution >= 0.6 is 0 Å². The largest absolute Gasteiger partial charge is 0.510 e. The molecule has 0 saturated heterocycles. The Kier molecular flexibility index (Phi) is 4.22. The first-order chi connectivity index (χ1) is 10.7. The maximum absolute atomic E-state index is 12.4. The Bertz CT molecular complexity index is 605. The molecule has 1 saturated carbocycles. The van der Waals surface area contributed by atoms with Crippen molar-refractivity contribution in [2.45, 2.75) is 44.6 Å². The van der Waals surface area contributed by atoms with E-state index in [1.54, 1.807) is 24.3 Å². The van der Waals surface area contributed by atoms with Crippen molar-refractivity contribution in [3.05, 3.63) is 35.6 Å². The van der Waals surface area contributed by atoms with Gasteiger partial charge in [0.05, 0.1) is 11.6 Å². The number of nitrogens with zero attached hydrogens (tertiary/aromatic N) is 1. The molecule has 5 heteroatoms. The third-order valence-corrected chi connectivity index (χ3v) is 4.41. The summed E-state index contributed by atoms with van der Waals surface area (Å²) in [5.41, 5.74) is 0.272. The molecular weight excluding hydrogens is 280 g/mol. The zero-order valence-corrected chi connectivity index (χ0v) is 12.4. The summed E-state index contributed by atoms with van der Waals surface area (Å²) >= 11 is 0. The Morgan fingerprint density at radius 3 is 2.64 bits per heavy atom. The van der Waals surface area contributed by atoms with Gasteiger partial charge < -0.3 is 10.4 Å². The molecule has 22 heavy (non-hydrogen) atoms. The van der Waals surface area contributed by atoms with Crippen LogP contribution in [0.5, 0.6) is 0 Å². The molecule has 0 aromatic heterocycles. The number of amides is 2. The maximum atomic E-state index is 12.4. The van der Waals surface area contributed by atoms with Crippen LogP contribution in [0.3, 0.4) is 0 Å². The van der Waals surface area contributed by atoms with Gasteiger partial charge in [0.15, 0.2) is 0 Å². The number of carbonyl (C=O) groups is 2. The third-order valence-electron chi connectivity index (χ3n) is 4.41. The minimum Gasteiger partial charge on any atom is -0.510 e. The molecule has 1 fully saturated rings. The summed E-state index contributed by atoms with van der Waals surface area (Å²) in [5.74, 6) is -1.84. The molecule has 3 rings (SSSR count). The number of aliphatic hydroxyl groups excluding tert-OH is 1. The molecule has 0 aromatic carbocycles. The molecule has 0 bridgehead atoms. The van der Waals surface area contributed by atoms with Crippen molar-refractivity contribution in [2.24, 2.45) is 10.9 Å². The van der Waals surface area contributed by atoms with Crippen LogP contribution in [0.4, 0.5) is 0 Å². The summed E-state index contributed by atoms with van der Waals surface area (Å²) < 4.78 is 0. The number of dihydropyridines is 1. The summed E-state index contributed by atoms with van der Waals surface area (Å²) in [5, 5.41) is 13.2. The van der Waals surface area contributed by atoms with Crippen molar-refractivity contribution < 1.29 is 14.7 Å². The van der Waals surface area contributed by atoms with E-state index in [1.807, 2.05) is 0 Å². The van der Waals surface area contributed by atoms with Gasteiger partial charge in [0, 0.05) is 6.04 Å². The van der Waals surface area contributed by atoms with E-state index < -0.39 is 17.7 Å². The van der Waals surface area contributed by atoms with Crippen LogP contribution in [0.15, 0.2) is 40.6 Å². The highest BCUT2D eigenvalue weighted by Gasteiger charge is 2.34. The molecular formula is C17H20N2O3. The van der Waals surface area contributed by atoms with E-state index in [-0.39, 0.29) is 17.4 Å². The molecule has 5 nitrogen and oxygen atoms in total. The fourth-order valence-corrected chi connectivity index (χ4v) is 3.20. The van der Waals surface area contributed by atoms with E-state index in [0.717, 1.165) is 25.7 Å². The molecule has 2 N–H and O–H groups in total. The maximum Gasteiger partial charge on any atom is 0.286 e. The van der Waals surface area contributed by atoms with E-state index in [1.165, 1.54) is 12.8 Å². The molecule has 3 aliphatic rings. The van der Waals surface area contributed by atoms with Gasteiger partial charge in [0.25, 0.3) is 11.8 Å². The number of aliphatic hydroxyl groups is 1. The molecule has 1 unspecified atom stereocenters. The van der Waals surface area contributed by atoms with Crippen LogP contribution < -0.4 is 5.32 Å². The third kappa shape index (κ3) is 2.89. The summed E-state index contributed by atoms with van der Waals surface area (Å²) in [6.45, 7) is 0. The Labute approximate surface area is 129 Å². The second-order valence-electron chi connectivity index (χ2n) is 5.99. The predicted octanol–water partition coefficient (Wildman–Crippen LogP) is 2.36. The molecule has 2 amide bonds. The van der Waals surface area contributed by atoms with E-state index in [0.29, 0.717) is 5.71 Å². The van der Waals surface area contributed by atoms with Gasteiger partial charge in [0.1, 0.15) is 11.3 Å². The number of nitrogens with one attached hydrogen (secondary N) is 1. The highest BCUT2D eigenvalue weighted by atomic mass is 16.3. The van der Waals surface area contributed by atoms with Gasteiger partial charge in [-0.1, -0.05) is 43.9 Å². The number of carbonyl (C=O) groups excluding carboxylic acids is 2. The zero-order valence-electron chi connectivity index (χ0n) is 12.4. The van der Waals surface area contributed by atoms with Crippen molar-refractivity contribution in [3.63, 3.8) is 0 Å². The average molecular weight is 300 g/mol. The number of aliphatic imine (C=N–C) groups is 1. The summed E-state index contributed by atoms with van der Waals surface area (Å²) in [7, 11) is 0. The van der Waals surface area contributed by atoms with Crippen LogP contribution in [0.2, 0.25) is 0 Å². The number of rotatable bonds is 2. The SMILES string of the molecule is O=C1N=C2C=CC=CC2C(O)=C1C(=O)NC1CCCCCC1.